The average Bonchev–Trinajstić information content (AvgIpc) is 2.68. The summed E-state index contributed by atoms with van der Waals surface area (Å²) >= 11 is 5.10. The van der Waals surface area contributed by atoms with Gasteiger partial charge in [-0.2, -0.15) is 0 Å². The summed E-state index contributed by atoms with van der Waals surface area (Å²) in [5, 5.41) is 2.85. The molecule has 0 aliphatic heterocycles. The first-order valence-corrected chi connectivity index (χ1v) is 9.26. The van der Waals surface area contributed by atoms with Crippen LogP contribution in [0.5, 0.6) is 0 Å². The molecule has 1 saturated carbocycles. The van der Waals surface area contributed by atoms with Crippen LogP contribution < -0.4 is 0 Å². The maximum absolute atomic E-state index is 5.10. The molecule has 1 nitrogen and oxygen atoms in total. The second-order valence-corrected chi connectivity index (χ2v) is 6.94. The number of benzene rings is 2. The van der Waals surface area contributed by atoms with Gasteiger partial charge in [0.25, 0.3) is 0 Å². The number of fused-ring (bicyclic) bond motifs is 1. The third-order valence-electron chi connectivity index (χ3n) is 5.22. The number of thiocarbonyl (C=S) groups is 1. The summed E-state index contributed by atoms with van der Waals surface area (Å²) in [6, 6.07) is 17.6. The summed E-state index contributed by atoms with van der Waals surface area (Å²) in [7, 11) is 0. The minimum Gasteiger partial charge on any atom is -0.256 e. The highest BCUT2D eigenvalue weighted by atomic mass is 32.1. The molecule has 2 aromatic carbocycles. The molecular formula is C22H21NS. The fraction of sp³-hybridized carbons (Fsp3) is 0.273. The van der Waals surface area contributed by atoms with Gasteiger partial charge in [0.05, 0.1) is 5.52 Å². The van der Waals surface area contributed by atoms with Gasteiger partial charge in [-0.25, -0.2) is 0 Å². The van der Waals surface area contributed by atoms with Crippen LogP contribution in [0.25, 0.3) is 22.0 Å². The van der Waals surface area contributed by atoms with Crippen LogP contribution in [0.3, 0.4) is 0 Å². The number of rotatable bonds is 3. The van der Waals surface area contributed by atoms with Crippen LogP contribution in [-0.2, 0) is 0 Å². The Morgan fingerprint density at radius 1 is 0.875 bits per heavy atom. The molecule has 1 aromatic heterocycles. The summed E-state index contributed by atoms with van der Waals surface area (Å²) in [6.07, 6.45) is 8.69. The second kappa shape index (κ2) is 6.82. The van der Waals surface area contributed by atoms with Crippen LogP contribution in [0, 0.1) is 0 Å². The predicted molar refractivity (Wildman–Crippen MR) is 106 cm³/mol. The number of hydrogen-bond acceptors (Lipinski definition) is 2. The zero-order valence-electron chi connectivity index (χ0n) is 13.7. The minimum absolute atomic E-state index is 0.760. The number of aromatic nitrogens is 1. The standard InChI is InChI=1S/C22H21NS/c24-15-20-12-13-23-22-14-19(10-11-21(20)22)18-8-6-17(7-9-18)16-4-2-1-3-5-16/h6-16H,1-5H2. The van der Waals surface area contributed by atoms with E-state index >= 15 is 0 Å². The first-order valence-electron chi connectivity index (χ1n) is 8.79. The first-order chi connectivity index (χ1) is 11.8. The lowest BCUT2D eigenvalue weighted by atomic mass is 9.83. The highest BCUT2D eigenvalue weighted by Crippen LogP contribution is 2.34. The fourth-order valence-corrected chi connectivity index (χ4v) is 4.04. The highest BCUT2D eigenvalue weighted by molar-refractivity contribution is 7.79. The molecule has 0 radical (unpaired) electrons. The molecule has 0 N–H and O–H groups in total. The molecule has 1 fully saturated rings. The highest BCUT2D eigenvalue weighted by Gasteiger charge is 2.15. The van der Waals surface area contributed by atoms with Gasteiger partial charge in [0, 0.05) is 17.0 Å². The van der Waals surface area contributed by atoms with Crippen molar-refractivity contribution in [3.05, 3.63) is 65.9 Å². The van der Waals surface area contributed by atoms with Crippen molar-refractivity contribution < 1.29 is 0 Å². The predicted octanol–water partition coefficient (Wildman–Crippen LogP) is 6.30. The Hall–Kier alpha value is -2.06. The van der Waals surface area contributed by atoms with Gasteiger partial charge < -0.3 is 0 Å². The van der Waals surface area contributed by atoms with E-state index < -0.39 is 0 Å². The molecule has 24 heavy (non-hydrogen) atoms. The molecule has 2 heteroatoms. The maximum Gasteiger partial charge on any atom is 0.0714 e. The van der Waals surface area contributed by atoms with Gasteiger partial charge in [0.15, 0.2) is 0 Å². The van der Waals surface area contributed by atoms with E-state index in [9.17, 15) is 0 Å². The van der Waals surface area contributed by atoms with Gasteiger partial charge in [-0.15, -0.1) is 0 Å². The molecule has 0 bridgehead atoms. The topological polar surface area (TPSA) is 12.9 Å². The molecule has 0 unspecified atom stereocenters. The van der Waals surface area contributed by atoms with E-state index in [4.69, 9.17) is 12.2 Å². The Balaban J connectivity index is 1.65. The molecular weight excluding hydrogens is 310 g/mol. The lowest BCUT2D eigenvalue weighted by molar-refractivity contribution is 0.443. The molecule has 0 amide bonds. The van der Waals surface area contributed by atoms with E-state index in [1.807, 2.05) is 12.3 Å². The largest absolute Gasteiger partial charge is 0.256 e. The number of hydrogen-bond donors (Lipinski definition) is 0. The molecule has 0 saturated heterocycles. The van der Waals surface area contributed by atoms with E-state index in [0.717, 1.165) is 22.4 Å². The van der Waals surface area contributed by atoms with Crippen LogP contribution >= 0.6 is 12.2 Å². The summed E-state index contributed by atoms with van der Waals surface area (Å²) in [5.41, 5.74) is 6.04. The van der Waals surface area contributed by atoms with E-state index in [0.29, 0.717) is 0 Å². The monoisotopic (exact) mass is 331 g/mol. The minimum atomic E-state index is 0.760. The molecule has 4 rings (SSSR count). The van der Waals surface area contributed by atoms with Crippen molar-refractivity contribution in [2.75, 3.05) is 0 Å². The molecule has 1 aliphatic rings. The molecule has 1 aliphatic carbocycles. The Morgan fingerprint density at radius 3 is 2.38 bits per heavy atom. The van der Waals surface area contributed by atoms with Crippen LogP contribution in [0.2, 0.25) is 0 Å². The van der Waals surface area contributed by atoms with E-state index in [1.54, 1.807) is 5.37 Å². The van der Waals surface area contributed by atoms with Gasteiger partial charge in [0.2, 0.25) is 0 Å². The normalized spacial score (nSPS) is 15.5. The average molecular weight is 331 g/mol. The lowest BCUT2D eigenvalue weighted by Gasteiger charge is -2.22. The summed E-state index contributed by atoms with van der Waals surface area (Å²) in [5.74, 6) is 0.760. The fourth-order valence-electron chi connectivity index (χ4n) is 3.84. The van der Waals surface area contributed by atoms with Crippen LogP contribution in [0.4, 0.5) is 0 Å². The molecule has 0 spiro atoms. The SMILES string of the molecule is S=Cc1ccnc2cc(-c3ccc(C4CCCCC4)cc3)ccc12. The van der Waals surface area contributed by atoms with Crippen LogP contribution in [-0.4, -0.2) is 10.4 Å². The van der Waals surface area contributed by atoms with E-state index in [2.05, 4.69) is 47.4 Å². The van der Waals surface area contributed by atoms with Crippen molar-refractivity contribution in [2.24, 2.45) is 0 Å². The molecule has 3 aromatic rings. The second-order valence-electron chi connectivity index (χ2n) is 6.71. The quantitative estimate of drug-likeness (QED) is 0.523. The Labute approximate surface area is 148 Å². The van der Waals surface area contributed by atoms with Crippen molar-refractivity contribution in [3.63, 3.8) is 0 Å². The number of nitrogens with zero attached hydrogens (tertiary/aromatic N) is 1. The maximum atomic E-state index is 5.10. The lowest BCUT2D eigenvalue weighted by Crippen LogP contribution is -2.04. The van der Waals surface area contributed by atoms with Gasteiger partial charge in [-0.05, 0) is 53.1 Å². The zero-order valence-corrected chi connectivity index (χ0v) is 14.6. The van der Waals surface area contributed by atoms with E-state index in [-0.39, 0.29) is 0 Å². The Kier molecular flexibility index (Phi) is 4.40. The molecule has 1 heterocycles. The van der Waals surface area contributed by atoms with E-state index in [1.165, 1.54) is 48.8 Å². The third-order valence-corrected chi connectivity index (χ3v) is 5.48. The molecule has 120 valence electrons. The summed E-state index contributed by atoms with van der Waals surface area (Å²) < 4.78 is 0. The Morgan fingerprint density at radius 2 is 1.62 bits per heavy atom. The third kappa shape index (κ3) is 2.99. The van der Waals surface area contributed by atoms with Crippen LogP contribution in [0.1, 0.15) is 49.1 Å². The van der Waals surface area contributed by atoms with Gasteiger partial charge >= 0.3 is 0 Å². The van der Waals surface area contributed by atoms with Crippen molar-refractivity contribution in [3.8, 4) is 11.1 Å². The van der Waals surface area contributed by atoms with Crippen LogP contribution in [0.15, 0.2) is 54.7 Å². The molecule has 0 atom stereocenters. The van der Waals surface area contributed by atoms with Gasteiger partial charge in [-0.1, -0.05) is 67.9 Å². The summed E-state index contributed by atoms with van der Waals surface area (Å²) in [4.78, 5) is 4.50. The first kappa shape index (κ1) is 15.5. The van der Waals surface area contributed by atoms with Crippen molar-refractivity contribution in [1.82, 2.24) is 4.98 Å². The summed E-state index contributed by atoms with van der Waals surface area (Å²) in [6.45, 7) is 0. The van der Waals surface area contributed by atoms with Gasteiger partial charge in [-0.3, -0.25) is 4.98 Å². The number of pyridine rings is 1. The van der Waals surface area contributed by atoms with Crippen molar-refractivity contribution >= 4 is 28.5 Å². The zero-order chi connectivity index (χ0) is 16.4. The smallest absolute Gasteiger partial charge is 0.0714 e. The van der Waals surface area contributed by atoms with Crippen molar-refractivity contribution in [1.29, 1.82) is 0 Å². The Bertz CT molecular complexity index is 861. The van der Waals surface area contributed by atoms with Gasteiger partial charge in [0.1, 0.15) is 0 Å². The van der Waals surface area contributed by atoms with Crippen molar-refractivity contribution in [2.45, 2.75) is 38.0 Å².